The van der Waals surface area contributed by atoms with Crippen LogP contribution in [0.1, 0.15) is 11.8 Å². The largest absolute Gasteiger partial charge is 0.366 e. The van der Waals surface area contributed by atoms with Crippen molar-refractivity contribution in [2.45, 2.75) is 6.10 Å². The van der Waals surface area contributed by atoms with E-state index in [2.05, 4.69) is 17.2 Å². The van der Waals surface area contributed by atoms with Gasteiger partial charge < -0.3 is 4.74 Å². The molecule has 2 heterocycles. The summed E-state index contributed by atoms with van der Waals surface area (Å²) in [7, 11) is 1.97. The van der Waals surface area contributed by atoms with Crippen molar-refractivity contribution in [3.05, 3.63) is 30.0 Å². The van der Waals surface area contributed by atoms with E-state index >= 15 is 0 Å². The molecule has 2 aromatic rings. The first-order valence-corrected chi connectivity index (χ1v) is 4.39. The van der Waals surface area contributed by atoms with Crippen molar-refractivity contribution in [1.29, 1.82) is 0 Å². The Bertz CT molecular complexity index is 457. The third kappa shape index (κ3) is 0.971. The molecule has 1 aliphatic heterocycles. The smallest absolute Gasteiger partial charge is 0.125 e. The Morgan fingerprint density at radius 1 is 1.46 bits per heavy atom. The molecule has 1 atom stereocenters. The van der Waals surface area contributed by atoms with Crippen LogP contribution in [0.3, 0.4) is 0 Å². The first-order valence-electron chi connectivity index (χ1n) is 4.39. The highest BCUT2D eigenvalue weighted by atomic mass is 16.6. The molecular weight excluding hydrogens is 164 g/mol. The summed E-state index contributed by atoms with van der Waals surface area (Å²) in [5.41, 5.74) is 2.26. The number of aryl methyl sites for hydroxylation is 1. The average molecular weight is 174 g/mol. The Kier molecular flexibility index (Phi) is 1.27. The van der Waals surface area contributed by atoms with E-state index in [1.54, 1.807) is 0 Å². The third-order valence-corrected chi connectivity index (χ3v) is 2.42. The minimum atomic E-state index is 0.242. The SMILES string of the molecule is Cn1nc([C@@H]2CO2)c2ccccc21. The van der Waals surface area contributed by atoms with Gasteiger partial charge in [-0.25, -0.2) is 0 Å². The topological polar surface area (TPSA) is 30.4 Å². The monoisotopic (exact) mass is 174 g/mol. The number of nitrogens with zero attached hydrogens (tertiary/aromatic N) is 2. The summed E-state index contributed by atoms with van der Waals surface area (Å²) in [6, 6.07) is 8.24. The van der Waals surface area contributed by atoms with E-state index in [1.807, 2.05) is 23.9 Å². The summed E-state index contributed by atoms with van der Waals surface area (Å²) in [6.07, 6.45) is 0.242. The minimum absolute atomic E-state index is 0.242. The number of aromatic nitrogens is 2. The lowest BCUT2D eigenvalue weighted by Gasteiger charge is -1.90. The predicted molar refractivity (Wildman–Crippen MR) is 49.4 cm³/mol. The zero-order valence-electron chi connectivity index (χ0n) is 7.40. The van der Waals surface area contributed by atoms with Gasteiger partial charge in [0.2, 0.25) is 0 Å². The van der Waals surface area contributed by atoms with Gasteiger partial charge in [-0.3, -0.25) is 4.68 Å². The highest BCUT2D eigenvalue weighted by Crippen LogP contribution is 2.33. The van der Waals surface area contributed by atoms with Crippen LogP contribution in [0.4, 0.5) is 0 Å². The second-order valence-electron chi connectivity index (χ2n) is 3.35. The Balaban J connectivity index is 2.34. The molecule has 0 amide bonds. The van der Waals surface area contributed by atoms with Crippen molar-refractivity contribution in [1.82, 2.24) is 9.78 Å². The van der Waals surface area contributed by atoms with Crippen LogP contribution in [-0.2, 0) is 11.8 Å². The van der Waals surface area contributed by atoms with Crippen LogP contribution in [0.5, 0.6) is 0 Å². The number of rotatable bonds is 1. The van der Waals surface area contributed by atoms with Crippen molar-refractivity contribution in [2.24, 2.45) is 7.05 Å². The van der Waals surface area contributed by atoms with Crippen LogP contribution >= 0.6 is 0 Å². The fourth-order valence-corrected chi connectivity index (χ4v) is 1.69. The molecule has 3 nitrogen and oxygen atoms in total. The molecular formula is C10H10N2O. The molecule has 66 valence electrons. The molecule has 1 fully saturated rings. The Morgan fingerprint density at radius 2 is 2.23 bits per heavy atom. The molecule has 0 unspecified atom stereocenters. The average Bonchev–Trinajstić information content (AvgIpc) is 2.94. The molecule has 1 aromatic heterocycles. The van der Waals surface area contributed by atoms with E-state index in [0.717, 1.165) is 12.3 Å². The van der Waals surface area contributed by atoms with Crippen LogP contribution < -0.4 is 0 Å². The molecule has 0 aliphatic carbocycles. The maximum Gasteiger partial charge on any atom is 0.125 e. The van der Waals surface area contributed by atoms with Crippen LogP contribution in [-0.4, -0.2) is 16.4 Å². The van der Waals surface area contributed by atoms with Crippen molar-refractivity contribution in [3.8, 4) is 0 Å². The van der Waals surface area contributed by atoms with Gasteiger partial charge in [0.15, 0.2) is 0 Å². The molecule has 13 heavy (non-hydrogen) atoms. The molecule has 0 spiro atoms. The first-order chi connectivity index (χ1) is 6.36. The highest BCUT2D eigenvalue weighted by molar-refractivity contribution is 5.82. The number of benzene rings is 1. The third-order valence-electron chi connectivity index (χ3n) is 2.42. The second kappa shape index (κ2) is 2.33. The molecule has 1 aliphatic rings. The zero-order chi connectivity index (χ0) is 8.84. The van der Waals surface area contributed by atoms with E-state index in [4.69, 9.17) is 4.74 Å². The predicted octanol–water partition coefficient (Wildman–Crippen LogP) is 1.64. The van der Waals surface area contributed by atoms with Gasteiger partial charge in [-0.1, -0.05) is 18.2 Å². The van der Waals surface area contributed by atoms with E-state index in [9.17, 15) is 0 Å². The molecule has 3 heteroatoms. The maximum atomic E-state index is 5.24. The normalized spacial score (nSPS) is 20.8. The van der Waals surface area contributed by atoms with Crippen molar-refractivity contribution in [2.75, 3.05) is 6.61 Å². The summed E-state index contributed by atoms with van der Waals surface area (Å²) >= 11 is 0. The van der Waals surface area contributed by atoms with Gasteiger partial charge in [-0.05, 0) is 6.07 Å². The van der Waals surface area contributed by atoms with Crippen molar-refractivity contribution < 1.29 is 4.74 Å². The van der Waals surface area contributed by atoms with Gasteiger partial charge in [0.05, 0.1) is 12.1 Å². The van der Waals surface area contributed by atoms with E-state index in [-0.39, 0.29) is 6.10 Å². The fraction of sp³-hybridized carbons (Fsp3) is 0.300. The van der Waals surface area contributed by atoms with Crippen LogP contribution in [0, 0.1) is 0 Å². The summed E-state index contributed by atoms with van der Waals surface area (Å²) in [6.45, 7) is 0.820. The zero-order valence-corrected chi connectivity index (χ0v) is 7.40. The van der Waals surface area contributed by atoms with Crippen LogP contribution in [0.2, 0.25) is 0 Å². The van der Waals surface area contributed by atoms with Crippen molar-refractivity contribution >= 4 is 10.9 Å². The maximum absolute atomic E-state index is 5.24. The van der Waals surface area contributed by atoms with Gasteiger partial charge in [-0.2, -0.15) is 5.10 Å². The van der Waals surface area contributed by atoms with Gasteiger partial charge in [0.25, 0.3) is 0 Å². The highest BCUT2D eigenvalue weighted by Gasteiger charge is 2.29. The Labute approximate surface area is 75.9 Å². The minimum Gasteiger partial charge on any atom is -0.366 e. The first kappa shape index (κ1) is 7.09. The van der Waals surface area contributed by atoms with Gasteiger partial charge in [-0.15, -0.1) is 0 Å². The Hall–Kier alpha value is -1.35. The number of ether oxygens (including phenoxy) is 1. The molecule has 0 bridgehead atoms. The molecule has 1 aromatic carbocycles. The lowest BCUT2D eigenvalue weighted by atomic mass is 10.2. The number of para-hydroxylation sites is 1. The number of hydrogen-bond donors (Lipinski definition) is 0. The van der Waals surface area contributed by atoms with E-state index in [1.165, 1.54) is 10.9 Å². The van der Waals surface area contributed by atoms with Gasteiger partial charge in [0.1, 0.15) is 11.8 Å². The summed E-state index contributed by atoms with van der Waals surface area (Å²) in [5, 5.41) is 5.66. The molecule has 0 N–H and O–H groups in total. The van der Waals surface area contributed by atoms with Crippen molar-refractivity contribution in [3.63, 3.8) is 0 Å². The van der Waals surface area contributed by atoms with Gasteiger partial charge in [0, 0.05) is 12.4 Å². The van der Waals surface area contributed by atoms with E-state index in [0.29, 0.717) is 0 Å². The second-order valence-corrected chi connectivity index (χ2v) is 3.35. The lowest BCUT2D eigenvalue weighted by Crippen LogP contribution is -1.90. The van der Waals surface area contributed by atoms with E-state index < -0.39 is 0 Å². The summed E-state index contributed by atoms with van der Waals surface area (Å²) in [4.78, 5) is 0. The number of fused-ring (bicyclic) bond motifs is 1. The quantitative estimate of drug-likeness (QED) is 0.615. The Morgan fingerprint density at radius 3 is 3.00 bits per heavy atom. The van der Waals surface area contributed by atoms with Gasteiger partial charge >= 0.3 is 0 Å². The molecule has 0 radical (unpaired) electrons. The molecule has 1 saturated heterocycles. The molecule has 0 saturated carbocycles. The van der Waals surface area contributed by atoms with Crippen LogP contribution in [0.25, 0.3) is 10.9 Å². The number of hydrogen-bond acceptors (Lipinski definition) is 2. The molecule has 3 rings (SSSR count). The summed E-state index contributed by atoms with van der Waals surface area (Å²) < 4.78 is 7.15. The van der Waals surface area contributed by atoms with Crippen LogP contribution in [0.15, 0.2) is 24.3 Å². The number of epoxide rings is 1. The lowest BCUT2D eigenvalue weighted by molar-refractivity contribution is 0.411. The summed E-state index contributed by atoms with van der Waals surface area (Å²) in [5.74, 6) is 0. The standard InChI is InChI=1S/C10H10N2O/c1-12-8-5-3-2-4-7(8)10(11-12)9-6-13-9/h2-5,9H,6H2,1H3/t9-/m0/s1. The fourth-order valence-electron chi connectivity index (χ4n) is 1.69.